The third-order valence-electron chi connectivity index (χ3n) is 2.85. The minimum absolute atomic E-state index is 0.184. The molecule has 2 rings (SSSR count). The van der Waals surface area contributed by atoms with Crippen LogP contribution >= 0.6 is 0 Å². The maximum atomic E-state index is 12.1. The van der Waals surface area contributed by atoms with Gasteiger partial charge < -0.3 is 15.2 Å². The van der Waals surface area contributed by atoms with Crippen molar-refractivity contribution in [3.8, 4) is 0 Å². The first-order valence-electron chi connectivity index (χ1n) is 5.43. The number of aromatic amines is 1. The first-order valence-corrected chi connectivity index (χ1v) is 5.43. The minimum Gasteiger partial charge on any atom is -0.333 e. The SMILES string of the molecule is CCN(C(=O)c1ccc[nH]c1=O)C1CNC1. The van der Waals surface area contributed by atoms with Crippen LogP contribution in [0.5, 0.6) is 0 Å². The van der Waals surface area contributed by atoms with Gasteiger partial charge in [-0.25, -0.2) is 0 Å². The Hall–Kier alpha value is -1.62. The highest BCUT2D eigenvalue weighted by Crippen LogP contribution is 2.08. The fourth-order valence-corrected chi connectivity index (χ4v) is 1.81. The predicted octanol–water partition coefficient (Wildman–Crippen LogP) is -0.191. The van der Waals surface area contributed by atoms with Crippen molar-refractivity contribution in [2.24, 2.45) is 0 Å². The normalized spacial score (nSPS) is 15.6. The maximum absolute atomic E-state index is 12.1. The summed E-state index contributed by atoms with van der Waals surface area (Å²) < 4.78 is 0. The highest BCUT2D eigenvalue weighted by Gasteiger charge is 2.28. The number of amides is 1. The van der Waals surface area contributed by atoms with E-state index in [1.807, 2.05) is 6.92 Å². The molecule has 2 heterocycles. The maximum Gasteiger partial charge on any atom is 0.260 e. The highest BCUT2D eigenvalue weighted by atomic mass is 16.2. The molecule has 1 aromatic rings. The van der Waals surface area contributed by atoms with E-state index < -0.39 is 0 Å². The van der Waals surface area contributed by atoms with Crippen LogP contribution in [-0.2, 0) is 0 Å². The molecule has 0 unspecified atom stereocenters. The molecule has 0 radical (unpaired) electrons. The summed E-state index contributed by atoms with van der Waals surface area (Å²) in [5.74, 6) is -0.184. The van der Waals surface area contributed by atoms with E-state index >= 15 is 0 Å². The average molecular weight is 221 g/mol. The molecule has 0 bridgehead atoms. The zero-order valence-corrected chi connectivity index (χ0v) is 9.19. The van der Waals surface area contributed by atoms with Gasteiger partial charge in [-0.1, -0.05) is 0 Å². The molecule has 1 saturated heterocycles. The van der Waals surface area contributed by atoms with Gasteiger partial charge in [-0.2, -0.15) is 0 Å². The largest absolute Gasteiger partial charge is 0.333 e. The van der Waals surface area contributed by atoms with E-state index in [2.05, 4.69) is 10.3 Å². The lowest BCUT2D eigenvalue weighted by molar-refractivity contribution is 0.0628. The predicted molar refractivity (Wildman–Crippen MR) is 60.4 cm³/mol. The van der Waals surface area contributed by atoms with Crippen molar-refractivity contribution < 1.29 is 4.79 Å². The van der Waals surface area contributed by atoms with Crippen molar-refractivity contribution in [3.63, 3.8) is 0 Å². The molecule has 86 valence electrons. The number of carbonyl (C=O) groups excluding carboxylic acids is 1. The molecule has 5 nitrogen and oxygen atoms in total. The summed E-state index contributed by atoms with van der Waals surface area (Å²) in [6, 6.07) is 3.45. The van der Waals surface area contributed by atoms with Crippen molar-refractivity contribution in [2.45, 2.75) is 13.0 Å². The van der Waals surface area contributed by atoms with E-state index in [-0.39, 0.29) is 23.1 Å². The Kier molecular flexibility index (Phi) is 3.05. The van der Waals surface area contributed by atoms with Crippen LogP contribution in [0.4, 0.5) is 0 Å². The molecular formula is C11H15N3O2. The van der Waals surface area contributed by atoms with E-state index in [0.717, 1.165) is 13.1 Å². The molecule has 1 aromatic heterocycles. The highest BCUT2D eigenvalue weighted by molar-refractivity contribution is 5.94. The van der Waals surface area contributed by atoms with E-state index in [0.29, 0.717) is 6.54 Å². The van der Waals surface area contributed by atoms with E-state index in [9.17, 15) is 9.59 Å². The zero-order chi connectivity index (χ0) is 11.5. The standard InChI is InChI=1S/C11H15N3O2/c1-2-14(8-6-12-7-8)11(16)9-4-3-5-13-10(9)15/h3-5,8,12H,2,6-7H2,1H3,(H,13,15). The first kappa shape index (κ1) is 10.9. The van der Waals surface area contributed by atoms with Gasteiger partial charge in [-0.3, -0.25) is 9.59 Å². The number of hydrogen-bond donors (Lipinski definition) is 2. The van der Waals surface area contributed by atoms with E-state index in [4.69, 9.17) is 0 Å². The Morgan fingerprint density at radius 1 is 1.56 bits per heavy atom. The van der Waals surface area contributed by atoms with E-state index in [1.165, 1.54) is 6.20 Å². The molecule has 1 aliphatic heterocycles. The lowest BCUT2D eigenvalue weighted by atomic mass is 10.1. The van der Waals surface area contributed by atoms with Crippen molar-refractivity contribution >= 4 is 5.91 Å². The number of pyridine rings is 1. The number of carbonyl (C=O) groups is 1. The average Bonchev–Trinajstić information content (AvgIpc) is 2.23. The van der Waals surface area contributed by atoms with Gasteiger partial charge in [-0.15, -0.1) is 0 Å². The van der Waals surface area contributed by atoms with Crippen molar-refractivity contribution in [2.75, 3.05) is 19.6 Å². The van der Waals surface area contributed by atoms with Crippen LogP contribution in [-0.4, -0.2) is 41.5 Å². The van der Waals surface area contributed by atoms with Crippen LogP contribution in [0.2, 0.25) is 0 Å². The van der Waals surface area contributed by atoms with Crippen LogP contribution in [0.15, 0.2) is 23.1 Å². The lowest BCUT2D eigenvalue weighted by Crippen LogP contribution is -2.59. The number of aromatic nitrogens is 1. The van der Waals surface area contributed by atoms with Crippen LogP contribution in [0.1, 0.15) is 17.3 Å². The molecule has 0 spiro atoms. The van der Waals surface area contributed by atoms with Crippen LogP contribution < -0.4 is 10.9 Å². The molecule has 0 aromatic carbocycles. The lowest BCUT2D eigenvalue weighted by Gasteiger charge is -2.37. The summed E-state index contributed by atoms with van der Waals surface area (Å²) in [6.45, 7) is 4.17. The Morgan fingerprint density at radius 2 is 2.31 bits per heavy atom. The van der Waals surface area contributed by atoms with Crippen molar-refractivity contribution in [1.29, 1.82) is 0 Å². The second-order valence-electron chi connectivity index (χ2n) is 3.82. The van der Waals surface area contributed by atoms with Crippen molar-refractivity contribution in [3.05, 3.63) is 34.2 Å². The molecule has 1 amide bonds. The number of likely N-dealkylation sites (N-methyl/N-ethyl adjacent to an activating group) is 1. The fraction of sp³-hybridized carbons (Fsp3) is 0.455. The van der Waals surface area contributed by atoms with Crippen LogP contribution in [0, 0.1) is 0 Å². The first-order chi connectivity index (χ1) is 7.74. The summed E-state index contributed by atoms with van der Waals surface area (Å²) in [5, 5.41) is 3.12. The molecule has 0 atom stereocenters. The van der Waals surface area contributed by atoms with Crippen LogP contribution in [0.25, 0.3) is 0 Å². The zero-order valence-electron chi connectivity index (χ0n) is 9.19. The van der Waals surface area contributed by atoms with Crippen LogP contribution in [0.3, 0.4) is 0 Å². The van der Waals surface area contributed by atoms with E-state index in [1.54, 1.807) is 17.0 Å². The molecule has 0 saturated carbocycles. The second-order valence-corrected chi connectivity index (χ2v) is 3.82. The molecule has 1 fully saturated rings. The Morgan fingerprint density at radius 3 is 2.81 bits per heavy atom. The molecule has 16 heavy (non-hydrogen) atoms. The topological polar surface area (TPSA) is 65.2 Å². The molecule has 0 aliphatic carbocycles. The number of rotatable bonds is 3. The summed E-state index contributed by atoms with van der Waals surface area (Å²) in [6.07, 6.45) is 1.53. The van der Waals surface area contributed by atoms with Gasteiger partial charge in [0.1, 0.15) is 5.56 Å². The quantitative estimate of drug-likeness (QED) is 0.743. The molecule has 1 aliphatic rings. The second kappa shape index (κ2) is 4.49. The molecule has 2 N–H and O–H groups in total. The monoisotopic (exact) mass is 221 g/mol. The summed E-state index contributed by atoms with van der Waals surface area (Å²) >= 11 is 0. The molecule has 5 heteroatoms. The van der Waals surface area contributed by atoms with Gasteiger partial charge in [0.15, 0.2) is 0 Å². The third kappa shape index (κ3) is 1.86. The van der Waals surface area contributed by atoms with Gasteiger partial charge in [0.2, 0.25) is 0 Å². The summed E-state index contributed by atoms with van der Waals surface area (Å²) in [7, 11) is 0. The number of nitrogens with one attached hydrogen (secondary N) is 2. The Balaban J connectivity index is 2.23. The summed E-state index contributed by atoms with van der Waals surface area (Å²) in [4.78, 5) is 27.9. The number of hydrogen-bond acceptors (Lipinski definition) is 3. The van der Waals surface area contributed by atoms with Gasteiger partial charge in [0.25, 0.3) is 11.5 Å². The smallest absolute Gasteiger partial charge is 0.260 e. The number of nitrogens with zero attached hydrogens (tertiary/aromatic N) is 1. The summed E-state index contributed by atoms with van der Waals surface area (Å²) in [5.41, 5.74) is -0.102. The molecular weight excluding hydrogens is 206 g/mol. The number of H-pyrrole nitrogens is 1. The Bertz CT molecular complexity index is 437. The van der Waals surface area contributed by atoms with Gasteiger partial charge in [0, 0.05) is 25.8 Å². The fourth-order valence-electron chi connectivity index (χ4n) is 1.81. The Labute approximate surface area is 93.5 Å². The van der Waals surface area contributed by atoms with Crippen molar-refractivity contribution in [1.82, 2.24) is 15.2 Å². The minimum atomic E-state index is -0.321. The third-order valence-corrected chi connectivity index (χ3v) is 2.85. The van der Waals surface area contributed by atoms with Gasteiger partial charge >= 0.3 is 0 Å². The van der Waals surface area contributed by atoms with Gasteiger partial charge in [-0.05, 0) is 19.1 Å². The van der Waals surface area contributed by atoms with Gasteiger partial charge in [0.05, 0.1) is 6.04 Å².